The maximum Gasteiger partial charge on any atom is 0.302 e. The van der Waals surface area contributed by atoms with Crippen LogP contribution in [0.15, 0.2) is 0 Å². The molecule has 6 nitrogen and oxygen atoms in total. The van der Waals surface area contributed by atoms with Gasteiger partial charge in [0.1, 0.15) is 6.10 Å². The van der Waals surface area contributed by atoms with E-state index in [4.69, 9.17) is 14.2 Å². The van der Waals surface area contributed by atoms with E-state index in [2.05, 4.69) is 0 Å². The molecule has 0 aliphatic heterocycles. The van der Waals surface area contributed by atoms with Crippen LogP contribution in [0.3, 0.4) is 0 Å². The summed E-state index contributed by atoms with van der Waals surface area (Å²) in [5.41, 5.74) is 0. The molecule has 0 saturated heterocycles. The van der Waals surface area contributed by atoms with Crippen LogP contribution < -0.4 is 0 Å². The van der Waals surface area contributed by atoms with Crippen molar-refractivity contribution in [2.75, 3.05) is 14.2 Å². The zero-order chi connectivity index (χ0) is 12.8. The fraction of sp³-hybridized carbons (Fsp3) is 0.909. The first-order valence-electron chi connectivity index (χ1n) is 5.61. The summed E-state index contributed by atoms with van der Waals surface area (Å²) in [7, 11) is 2.93. The van der Waals surface area contributed by atoms with Crippen LogP contribution in [0.2, 0.25) is 0 Å². The van der Waals surface area contributed by atoms with Crippen LogP contribution in [0.4, 0.5) is 0 Å². The van der Waals surface area contributed by atoms with Crippen molar-refractivity contribution in [3.63, 3.8) is 0 Å². The molecule has 0 amide bonds. The topological polar surface area (TPSA) is 85.2 Å². The molecule has 98 valence electrons. The van der Waals surface area contributed by atoms with Crippen LogP contribution >= 0.6 is 0 Å². The predicted octanol–water partition coefficient (Wildman–Crippen LogP) is -0.721. The lowest BCUT2D eigenvalue weighted by Gasteiger charge is -2.32. The summed E-state index contributed by atoms with van der Waals surface area (Å²) in [6.07, 6.45) is -1.95. The zero-order valence-electron chi connectivity index (χ0n) is 10.1. The fourth-order valence-corrected chi connectivity index (χ4v) is 3.35. The van der Waals surface area contributed by atoms with Crippen molar-refractivity contribution >= 4 is 5.97 Å². The third-order valence-corrected chi connectivity index (χ3v) is 3.95. The highest BCUT2D eigenvalue weighted by Crippen LogP contribution is 2.55. The van der Waals surface area contributed by atoms with Crippen molar-refractivity contribution in [2.45, 2.75) is 37.4 Å². The van der Waals surface area contributed by atoms with Gasteiger partial charge in [-0.15, -0.1) is 0 Å². The fourth-order valence-electron chi connectivity index (χ4n) is 3.35. The SMILES string of the molecule is COC1(OC)[C@@H]2[C@@H](O)[C@@H](O)[C@@H]1C[C@@H]2OC(C)=O. The van der Waals surface area contributed by atoms with Gasteiger partial charge in [-0.05, 0) is 6.42 Å². The summed E-state index contributed by atoms with van der Waals surface area (Å²) >= 11 is 0. The molecule has 0 unspecified atom stereocenters. The monoisotopic (exact) mass is 246 g/mol. The van der Waals surface area contributed by atoms with Gasteiger partial charge in [0.15, 0.2) is 5.79 Å². The number of aliphatic hydroxyl groups is 2. The van der Waals surface area contributed by atoms with Crippen molar-refractivity contribution in [1.82, 2.24) is 0 Å². The van der Waals surface area contributed by atoms with Crippen LogP contribution in [0.1, 0.15) is 13.3 Å². The molecule has 0 radical (unpaired) electrons. The highest BCUT2D eigenvalue weighted by molar-refractivity contribution is 5.66. The number of carbonyl (C=O) groups is 1. The van der Waals surface area contributed by atoms with E-state index in [0.29, 0.717) is 6.42 Å². The van der Waals surface area contributed by atoms with Gasteiger partial charge in [0.2, 0.25) is 0 Å². The Balaban J connectivity index is 2.29. The normalized spacial score (nSPS) is 42.8. The first-order chi connectivity index (χ1) is 7.97. The first-order valence-corrected chi connectivity index (χ1v) is 5.61. The molecule has 2 N–H and O–H groups in total. The number of hydrogen-bond donors (Lipinski definition) is 2. The van der Waals surface area contributed by atoms with E-state index >= 15 is 0 Å². The molecule has 2 rings (SSSR count). The van der Waals surface area contributed by atoms with E-state index in [1.807, 2.05) is 0 Å². The maximum atomic E-state index is 11.0. The van der Waals surface area contributed by atoms with Crippen molar-refractivity contribution in [3.8, 4) is 0 Å². The van der Waals surface area contributed by atoms with Gasteiger partial charge in [0.25, 0.3) is 0 Å². The molecule has 0 spiro atoms. The van der Waals surface area contributed by atoms with Gasteiger partial charge in [-0.3, -0.25) is 4.79 Å². The quantitative estimate of drug-likeness (QED) is 0.505. The third kappa shape index (κ3) is 1.59. The number of esters is 1. The average Bonchev–Trinajstić information content (AvgIpc) is 2.69. The number of aliphatic hydroxyl groups excluding tert-OH is 2. The minimum Gasteiger partial charge on any atom is -0.462 e. The highest BCUT2D eigenvalue weighted by Gasteiger charge is 2.70. The van der Waals surface area contributed by atoms with Gasteiger partial charge in [-0.25, -0.2) is 0 Å². The van der Waals surface area contributed by atoms with E-state index in [1.54, 1.807) is 0 Å². The summed E-state index contributed by atoms with van der Waals surface area (Å²) in [6, 6.07) is 0. The maximum absolute atomic E-state index is 11.0. The van der Waals surface area contributed by atoms with E-state index in [0.717, 1.165) is 0 Å². The molecule has 5 atom stereocenters. The van der Waals surface area contributed by atoms with Crippen molar-refractivity contribution < 1.29 is 29.2 Å². The number of carbonyl (C=O) groups excluding carboxylic acids is 1. The molecule has 2 aliphatic rings. The Morgan fingerprint density at radius 2 is 1.82 bits per heavy atom. The molecule has 0 aromatic heterocycles. The Bertz CT molecular complexity index is 313. The Morgan fingerprint density at radius 3 is 2.24 bits per heavy atom. The Hall–Kier alpha value is -0.690. The zero-order valence-corrected chi connectivity index (χ0v) is 10.1. The van der Waals surface area contributed by atoms with E-state index < -0.39 is 36.0 Å². The molecular weight excluding hydrogens is 228 g/mol. The first kappa shape index (κ1) is 12.8. The minimum atomic E-state index is -1.07. The van der Waals surface area contributed by atoms with Crippen molar-refractivity contribution in [1.29, 1.82) is 0 Å². The second kappa shape index (κ2) is 4.20. The van der Waals surface area contributed by atoms with E-state index in [9.17, 15) is 15.0 Å². The van der Waals surface area contributed by atoms with E-state index in [1.165, 1.54) is 21.1 Å². The van der Waals surface area contributed by atoms with Crippen LogP contribution in [-0.2, 0) is 19.0 Å². The standard InChI is InChI=1S/C11H18O6/c1-5(12)17-7-4-6-9(13)10(14)8(7)11(6,15-2)16-3/h6-10,13-14H,4H2,1-3H3/t6-,7-,8-,9-,10+/m0/s1. The smallest absolute Gasteiger partial charge is 0.302 e. The lowest BCUT2D eigenvalue weighted by Crippen LogP contribution is -2.45. The summed E-state index contributed by atoms with van der Waals surface area (Å²) in [4.78, 5) is 11.0. The third-order valence-electron chi connectivity index (χ3n) is 3.95. The molecule has 0 aromatic rings. The lowest BCUT2D eigenvalue weighted by molar-refractivity contribution is -0.247. The number of ether oxygens (including phenoxy) is 3. The van der Waals surface area contributed by atoms with Gasteiger partial charge in [-0.1, -0.05) is 0 Å². The second-order valence-corrected chi connectivity index (χ2v) is 4.63. The van der Waals surface area contributed by atoms with Gasteiger partial charge in [0, 0.05) is 27.1 Å². The Labute approximate surface area is 99.5 Å². The van der Waals surface area contributed by atoms with Crippen molar-refractivity contribution in [3.05, 3.63) is 0 Å². The lowest BCUT2D eigenvalue weighted by atomic mass is 9.92. The molecule has 2 fully saturated rings. The molecule has 2 bridgehead atoms. The van der Waals surface area contributed by atoms with Crippen LogP contribution in [0, 0.1) is 11.8 Å². The summed E-state index contributed by atoms with van der Waals surface area (Å²) in [5, 5.41) is 19.9. The van der Waals surface area contributed by atoms with Crippen LogP contribution in [-0.4, -0.2) is 54.5 Å². The van der Waals surface area contributed by atoms with Crippen LogP contribution in [0.5, 0.6) is 0 Å². The number of rotatable bonds is 3. The van der Waals surface area contributed by atoms with Gasteiger partial charge < -0.3 is 24.4 Å². The van der Waals surface area contributed by atoms with E-state index in [-0.39, 0.29) is 5.92 Å². The number of hydrogen-bond acceptors (Lipinski definition) is 6. The number of methoxy groups -OCH3 is 2. The summed E-state index contributed by atoms with van der Waals surface area (Å²) < 4.78 is 15.9. The largest absolute Gasteiger partial charge is 0.462 e. The van der Waals surface area contributed by atoms with Gasteiger partial charge in [0.05, 0.1) is 18.1 Å². The summed E-state index contributed by atoms with van der Waals surface area (Å²) in [6.45, 7) is 1.32. The molecule has 0 heterocycles. The molecule has 0 aromatic carbocycles. The second-order valence-electron chi connectivity index (χ2n) is 4.63. The highest BCUT2D eigenvalue weighted by atomic mass is 16.7. The molecule has 17 heavy (non-hydrogen) atoms. The predicted molar refractivity (Wildman–Crippen MR) is 55.9 cm³/mol. The minimum absolute atomic E-state index is 0.387. The number of fused-ring (bicyclic) bond motifs is 2. The van der Waals surface area contributed by atoms with Crippen molar-refractivity contribution in [2.24, 2.45) is 11.8 Å². The Morgan fingerprint density at radius 1 is 1.24 bits per heavy atom. The van der Waals surface area contributed by atoms with Gasteiger partial charge in [-0.2, -0.15) is 0 Å². The molecule has 6 heteroatoms. The average molecular weight is 246 g/mol. The van der Waals surface area contributed by atoms with Gasteiger partial charge >= 0.3 is 5.97 Å². The molecule has 2 aliphatic carbocycles. The molecule has 2 saturated carbocycles. The summed E-state index contributed by atoms with van der Waals surface area (Å²) in [5.74, 6) is -2.42. The van der Waals surface area contributed by atoms with Crippen LogP contribution in [0.25, 0.3) is 0 Å². The Kier molecular flexibility index (Phi) is 3.15. The molecular formula is C11H18O6.